The summed E-state index contributed by atoms with van der Waals surface area (Å²) in [5.41, 5.74) is 1.36. The predicted octanol–water partition coefficient (Wildman–Crippen LogP) is 2.28. The number of rotatable bonds is 2. The van der Waals surface area contributed by atoms with Crippen LogP contribution in [-0.2, 0) is 30.8 Å². The maximum absolute atomic E-state index is 5.31. The first-order valence-electron chi connectivity index (χ1n) is 4.89. The van der Waals surface area contributed by atoms with Crippen LogP contribution in [0.3, 0.4) is 0 Å². The molecule has 0 radical (unpaired) electrons. The number of benzene rings is 1. The van der Waals surface area contributed by atoms with E-state index in [1.807, 2.05) is 0 Å². The molecule has 0 aromatic heterocycles. The van der Waals surface area contributed by atoms with Crippen LogP contribution in [-0.4, -0.2) is 31.2 Å². The molecule has 0 aliphatic carbocycles. The van der Waals surface area contributed by atoms with Gasteiger partial charge in [-0.15, -0.1) is 0 Å². The predicted molar refractivity (Wildman–Crippen MR) is 60.2 cm³/mol. The Labute approximate surface area is 112 Å². The first kappa shape index (κ1) is 13.3. The zero-order chi connectivity index (χ0) is 9.80. The number of ether oxygens (including phenoxy) is 1. The van der Waals surface area contributed by atoms with E-state index in [0.717, 1.165) is 37.3 Å². The number of halogens is 1. The zero-order valence-electron chi connectivity index (χ0n) is 8.79. The molecular weight excluding hydrogens is 307 g/mol. The van der Waals surface area contributed by atoms with Gasteiger partial charge in [-0.3, -0.25) is 4.90 Å². The molecule has 4 heteroatoms. The smallest absolute Gasteiger partial charge is 0.0594 e. The monoisotopic (exact) mass is 319 g/mol. The molecule has 1 heterocycles. The van der Waals surface area contributed by atoms with E-state index in [9.17, 15) is 0 Å². The minimum Gasteiger partial charge on any atom is -0.379 e. The molecule has 1 aliphatic heterocycles. The van der Waals surface area contributed by atoms with E-state index in [4.69, 9.17) is 4.74 Å². The van der Waals surface area contributed by atoms with Gasteiger partial charge in [0, 0.05) is 43.6 Å². The fourth-order valence-corrected chi connectivity index (χ4v) is 2.10. The first-order valence-corrected chi connectivity index (χ1v) is 5.68. The van der Waals surface area contributed by atoms with E-state index >= 15 is 0 Å². The second-order valence-corrected chi connectivity index (χ2v) is 4.43. The van der Waals surface area contributed by atoms with Crippen molar-refractivity contribution in [2.24, 2.45) is 0 Å². The number of nitrogens with zero attached hydrogens (tertiary/aromatic N) is 1. The fourth-order valence-electron chi connectivity index (χ4n) is 1.65. The van der Waals surface area contributed by atoms with Crippen molar-refractivity contribution in [3.8, 4) is 0 Å². The van der Waals surface area contributed by atoms with Crippen molar-refractivity contribution in [1.82, 2.24) is 4.90 Å². The fraction of sp³-hybridized carbons (Fsp3) is 0.455. The van der Waals surface area contributed by atoms with E-state index < -0.39 is 0 Å². The topological polar surface area (TPSA) is 12.5 Å². The summed E-state index contributed by atoms with van der Waals surface area (Å²) in [5, 5.41) is 0. The molecule has 0 bridgehead atoms. The number of hydrogen-bond acceptors (Lipinski definition) is 2. The van der Waals surface area contributed by atoms with Gasteiger partial charge in [-0.1, -0.05) is 28.1 Å². The summed E-state index contributed by atoms with van der Waals surface area (Å²) >= 11 is 3.48. The van der Waals surface area contributed by atoms with Crippen molar-refractivity contribution in [3.05, 3.63) is 34.3 Å². The van der Waals surface area contributed by atoms with Gasteiger partial charge in [-0.2, -0.15) is 0 Å². The molecule has 0 amide bonds. The van der Waals surface area contributed by atoms with Crippen LogP contribution in [0.1, 0.15) is 5.56 Å². The third-order valence-electron chi connectivity index (χ3n) is 2.40. The van der Waals surface area contributed by atoms with Crippen LogP contribution in [0.15, 0.2) is 28.7 Å². The second-order valence-electron chi connectivity index (χ2n) is 3.52. The number of morpholine rings is 1. The summed E-state index contributed by atoms with van der Waals surface area (Å²) in [6.45, 7) is 4.86. The third-order valence-corrected chi connectivity index (χ3v) is 2.89. The molecule has 0 spiro atoms. The Morgan fingerprint density at radius 3 is 2.67 bits per heavy atom. The molecule has 1 aromatic carbocycles. The maximum atomic E-state index is 5.31. The van der Waals surface area contributed by atoms with Gasteiger partial charge in [0.15, 0.2) is 0 Å². The molecule has 0 unspecified atom stereocenters. The average Bonchev–Trinajstić information content (AvgIpc) is 2.19. The average molecular weight is 322 g/mol. The molecule has 0 atom stereocenters. The van der Waals surface area contributed by atoms with Gasteiger partial charge < -0.3 is 4.74 Å². The summed E-state index contributed by atoms with van der Waals surface area (Å²) in [5.74, 6) is 0. The van der Waals surface area contributed by atoms with Crippen LogP contribution in [0.5, 0.6) is 0 Å². The van der Waals surface area contributed by atoms with Crippen LogP contribution in [0.4, 0.5) is 0 Å². The molecule has 0 saturated carbocycles. The van der Waals surface area contributed by atoms with E-state index in [-0.39, 0.29) is 19.5 Å². The molecule has 15 heavy (non-hydrogen) atoms. The van der Waals surface area contributed by atoms with Crippen LogP contribution < -0.4 is 0 Å². The van der Waals surface area contributed by atoms with E-state index in [1.54, 1.807) is 0 Å². The molecule has 1 saturated heterocycles. The van der Waals surface area contributed by atoms with Crippen LogP contribution in [0, 0.1) is 0 Å². The normalized spacial score (nSPS) is 17.1. The summed E-state index contributed by atoms with van der Waals surface area (Å²) in [6, 6.07) is 8.48. The Balaban J connectivity index is 0.00000112. The van der Waals surface area contributed by atoms with Gasteiger partial charge in [0.25, 0.3) is 0 Å². The van der Waals surface area contributed by atoms with Crippen LogP contribution in [0.25, 0.3) is 0 Å². The SMILES string of the molecule is Brc1cccc(CN2CCOCC2)c1.[Zn]. The van der Waals surface area contributed by atoms with Gasteiger partial charge in [-0.05, 0) is 17.7 Å². The van der Waals surface area contributed by atoms with Crippen molar-refractivity contribution in [2.45, 2.75) is 6.54 Å². The Morgan fingerprint density at radius 2 is 2.00 bits per heavy atom. The minimum absolute atomic E-state index is 0. The van der Waals surface area contributed by atoms with Gasteiger partial charge in [-0.25, -0.2) is 0 Å². The number of hydrogen-bond donors (Lipinski definition) is 0. The van der Waals surface area contributed by atoms with Crippen molar-refractivity contribution in [3.63, 3.8) is 0 Å². The zero-order valence-corrected chi connectivity index (χ0v) is 13.3. The standard InChI is InChI=1S/C11H14BrNO.Zn/c12-11-3-1-2-10(8-11)9-13-4-6-14-7-5-13;/h1-3,8H,4-7,9H2;. The Bertz CT molecular complexity index is 302. The molecule has 0 N–H and O–H groups in total. The van der Waals surface area contributed by atoms with Gasteiger partial charge in [0.1, 0.15) is 0 Å². The van der Waals surface area contributed by atoms with Crippen LogP contribution in [0.2, 0.25) is 0 Å². The summed E-state index contributed by atoms with van der Waals surface area (Å²) in [6.07, 6.45) is 0. The van der Waals surface area contributed by atoms with Crippen LogP contribution >= 0.6 is 15.9 Å². The molecule has 2 nitrogen and oxygen atoms in total. The molecule has 78 valence electrons. The first-order chi connectivity index (χ1) is 6.84. The molecule has 1 aliphatic rings. The molecule has 1 fully saturated rings. The van der Waals surface area contributed by atoms with Crippen molar-refractivity contribution in [1.29, 1.82) is 0 Å². The van der Waals surface area contributed by atoms with E-state index in [1.165, 1.54) is 5.56 Å². The molecular formula is C11H14BrNOZn. The third kappa shape index (κ3) is 4.32. The van der Waals surface area contributed by atoms with Crippen molar-refractivity contribution < 1.29 is 24.2 Å². The van der Waals surface area contributed by atoms with Crippen molar-refractivity contribution in [2.75, 3.05) is 26.3 Å². The Morgan fingerprint density at radius 1 is 1.27 bits per heavy atom. The Hall–Kier alpha value is 0.243. The molecule has 1 aromatic rings. The van der Waals surface area contributed by atoms with E-state index in [0.29, 0.717) is 0 Å². The summed E-state index contributed by atoms with van der Waals surface area (Å²) in [7, 11) is 0. The van der Waals surface area contributed by atoms with E-state index in [2.05, 4.69) is 45.1 Å². The summed E-state index contributed by atoms with van der Waals surface area (Å²) < 4.78 is 6.47. The summed E-state index contributed by atoms with van der Waals surface area (Å²) in [4.78, 5) is 2.42. The molecule has 2 rings (SSSR count). The van der Waals surface area contributed by atoms with Crippen molar-refractivity contribution >= 4 is 15.9 Å². The van der Waals surface area contributed by atoms with Gasteiger partial charge in [0.2, 0.25) is 0 Å². The quantitative estimate of drug-likeness (QED) is 0.775. The Kier molecular flexibility index (Phi) is 5.99. The minimum atomic E-state index is 0. The van der Waals surface area contributed by atoms with Gasteiger partial charge in [0.05, 0.1) is 13.2 Å². The van der Waals surface area contributed by atoms with Gasteiger partial charge >= 0.3 is 0 Å². The maximum Gasteiger partial charge on any atom is 0.0594 e. The largest absolute Gasteiger partial charge is 0.379 e. The second kappa shape index (κ2) is 6.75.